The van der Waals surface area contributed by atoms with Gasteiger partial charge in [-0.2, -0.15) is 4.52 Å². The van der Waals surface area contributed by atoms with Crippen molar-refractivity contribution in [3.63, 3.8) is 0 Å². The predicted octanol–water partition coefficient (Wildman–Crippen LogP) is -0.711. The number of nitrogens with two attached hydrogens (primary N) is 2. The molecular weight excluding hydrogens is 144 g/mol. The first-order valence-electron chi connectivity index (χ1n) is 3.00. The number of tetrazole rings is 1. The van der Waals surface area contributed by atoms with Crippen LogP contribution in [-0.2, 0) is 0 Å². The van der Waals surface area contributed by atoms with Gasteiger partial charge in [0.25, 0.3) is 0 Å². The minimum Gasteiger partial charge on any atom is -0.397 e. The van der Waals surface area contributed by atoms with Crippen LogP contribution in [0.4, 0.5) is 11.4 Å². The molecule has 56 valence electrons. The molecule has 2 aromatic rings. The van der Waals surface area contributed by atoms with E-state index >= 15 is 0 Å². The molecule has 2 heterocycles. The number of fused-ring (bicyclic) bond motifs is 1. The third-order valence-electron chi connectivity index (χ3n) is 1.44. The van der Waals surface area contributed by atoms with Crippen LogP contribution in [0.25, 0.3) is 5.65 Å². The number of pyridine rings is 1. The predicted molar refractivity (Wildman–Crippen MR) is 39.6 cm³/mol. The van der Waals surface area contributed by atoms with Crippen LogP contribution in [-0.4, -0.2) is 20.0 Å². The first-order chi connectivity index (χ1) is 5.29. The maximum Gasteiger partial charge on any atom is 0.204 e. The van der Waals surface area contributed by atoms with E-state index in [1.54, 1.807) is 12.3 Å². The highest BCUT2D eigenvalue weighted by Gasteiger charge is 2.03. The summed E-state index contributed by atoms with van der Waals surface area (Å²) in [6, 6.07) is 1.65. The Hall–Kier alpha value is -1.85. The molecule has 6 heteroatoms. The summed E-state index contributed by atoms with van der Waals surface area (Å²) in [4.78, 5) is 0. The molecule has 0 unspecified atom stereocenters. The van der Waals surface area contributed by atoms with Crippen LogP contribution in [0.2, 0.25) is 0 Å². The van der Waals surface area contributed by atoms with E-state index < -0.39 is 0 Å². The summed E-state index contributed by atoms with van der Waals surface area (Å²) in [6.07, 6.45) is 1.65. The Kier molecular flexibility index (Phi) is 0.974. The van der Waals surface area contributed by atoms with E-state index in [0.717, 1.165) is 0 Å². The number of hydrogen-bond donors (Lipinski definition) is 2. The molecule has 0 aliphatic rings. The van der Waals surface area contributed by atoms with Crippen LogP contribution in [0.15, 0.2) is 12.3 Å². The number of anilines is 2. The minimum atomic E-state index is 0.414. The quantitative estimate of drug-likeness (QED) is 0.517. The average molecular weight is 150 g/mol. The third kappa shape index (κ3) is 0.689. The average Bonchev–Trinajstić information content (AvgIpc) is 2.45. The number of hydrogen-bond acceptors (Lipinski definition) is 5. The van der Waals surface area contributed by atoms with Crippen LogP contribution >= 0.6 is 0 Å². The van der Waals surface area contributed by atoms with Crippen molar-refractivity contribution in [2.75, 3.05) is 11.5 Å². The van der Waals surface area contributed by atoms with Gasteiger partial charge in [-0.3, -0.25) is 0 Å². The van der Waals surface area contributed by atoms with Gasteiger partial charge < -0.3 is 11.5 Å². The Balaban J connectivity index is 2.93. The summed E-state index contributed by atoms with van der Waals surface area (Å²) in [5, 5.41) is 10.7. The molecule has 2 rings (SSSR count). The van der Waals surface area contributed by atoms with Gasteiger partial charge >= 0.3 is 0 Å². The fourth-order valence-corrected chi connectivity index (χ4v) is 0.841. The maximum absolute atomic E-state index is 5.57. The smallest absolute Gasteiger partial charge is 0.204 e. The summed E-state index contributed by atoms with van der Waals surface area (Å²) in [6.45, 7) is 0. The molecule has 0 aromatic carbocycles. The number of nitrogens with zero attached hydrogens (tertiary/aromatic N) is 4. The van der Waals surface area contributed by atoms with Crippen molar-refractivity contribution in [1.29, 1.82) is 0 Å². The van der Waals surface area contributed by atoms with Crippen LogP contribution in [0.3, 0.4) is 0 Å². The highest BCUT2D eigenvalue weighted by molar-refractivity contribution is 5.76. The van der Waals surface area contributed by atoms with Gasteiger partial charge in [0.2, 0.25) is 5.65 Å². The van der Waals surface area contributed by atoms with E-state index in [0.29, 0.717) is 17.0 Å². The highest BCUT2D eigenvalue weighted by Crippen LogP contribution is 2.16. The van der Waals surface area contributed by atoms with Gasteiger partial charge in [-0.05, 0) is 16.5 Å². The van der Waals surface area contributed by atoms with Gasteiger partial charge in [-0.15, -0.1) is 5.10 Å². The normalized spacial score (nSPS) is 10.5. The fourth-order valence-electron chi connectivity index (χ4n) is 0.841. The van der Waals surface area contributed by atoms with Gasteiger partial charge in [-0.25, -0.2) is 0 Å². The molecule has 0 aliphatic heterocycles. The lowest BCUT2D eigenvalue weighted by Crippen LogP contribution is -1.98. The van der Waals surface area contributed by atoms with E-state index in [1.807, 2.05) is 0 Å². The summed E-state index contributed by atoms with van der Waals surface area (Å²) < 4.78 is 1.46. The van der Waals surface area contributed by atoms with E-state index in [1.165, 1.54) is 4.52 Å². The second-order valence-electron chi connectivity index (χ2n) is 2.13. The molecule has 2 aromatic heterocycles. The molecule has 0 amide bonds. The van der Waals surface area contributed by atoms with Gasteiger partial charge in [-0.1, -0.05) is 0 Å². The molecule has 0 spiro atoms. The summed E-state index contributed by atoms with van der Waals surface area (Å²) in [7, 11) is 0. The Bertz CT molecular complexity index is 391. The van der Waals surface area contributed by atoms with Crippen LogP contribution < -0.4 is 11.5 Å². The molecule has 0 saturated carbocycles. The van der Waals surface area contributed by atoms with Gasteiger partial charge in [0, 0.05) is 6.20 Å². The van der Waals surface area contributed by atoms with Crippen molar-refractivity contribution in [2.24, 2.45) is 0 Å². The Labute approximate surface area is 61.8 Å². The maximum atomic E-state index is 5.57. The number of aromatic nitrogens is 4. The molecule has 0 atom stereocenters. The highest BCUT2D eigenvalue weighted by atomic mass is 15.5. The van der Waals surface area contributed by atoms with Gasteiger partial charge in [0.1, 0.15) is 5.69 Å². The molecule has 11 heavy (non-hydrogen) atoms. The molecular formula is C5H6N6. The van der Waals surface area contributed by atoms with Crippen molar-refractivity contribution in [3.8, 4) is 0 Å². The van der Waals surface area contributed by atoms with Crippen LogP contribution in [0.5, 0.6) is 0 Å². The second-order valence-corrected chi connectivity index (χ2v) is 2.13. The largest absolute Gasteiger partial charge is 0.397 e. The summed E-state index contributed by atoms with van der Waals surface area (Å²) >= 11 is 0. The van der Waals surface area contributed by atoms with E-state index in [9.17, 15) is 0 Å². The summed E-state index contributed by atoms with van der Waals surface area (Å²) in [5.41, 5.74) is 12.5. The molecule has 6 nitrogen and oxygen atoms in total. The van der Waals surface area contributed by atoms with Crippen molar-refractivity contribution in [2.45, 2.75) is 0 Å². The van der Waals surface area contributed by atoms with Crippen LogP contribution in [0.1, 0.15) is 0 Å². The van der Waals surface area contributed by atoms with Gasteiger partial charge in [0.05, 0.1) is 5.69 Å². The van der Waals surface area contributed by atoms with Gasteiger partial charge in [0.15, 0.2) is 0 Å². The number of rotatable bonds is 0. The van der Waals surface area contributed by atoms with Crippen molar-refractivity contribution < 1.29 is 0 Å². The van der Waals surface area contributed by atoms with E-state index in [4.69, 9.17) is 11.5 Å². The third-order valence-corrected chi connectivity index (χ3v) is 1.44. The molecule has 4 N–H and O–H groups in total. The molecule has 0 radical (unpaired) electrons. The second kappa shape index (κ2) is 1.82. The minimum absolute atomic E-state index is 0.414. The Morgan fingerprint density at radius 3 is 3.00 bits per heavy atom. The van der Waals surface area contributed by atoms with E-state index in [2.05, 4.69) is 15.5 Å². The van der Waals surface area contributed by atoms with Crippen LogP contribution in [0, 0.1) is 0 Å². The lowest BCUT2D eigenvalue weighted by molar-refractivity contribution is 0.824. The van der Waals surface area contributed by atoms with E-state index in [-0.39, 0.29) is 0 Å². The lowest BCUT2D eigenvalue weighted by Gasteiger charge is -1.97. The standard InChI is InChI=1S/C5H6N6/c6-3-1-2-11-5(4(3)7)8-9-10-11/h1-2H,6-7H2. The molecule has 0 aliphatic carbocycles. The molecule has 0 bridgehead atoms. The van der Waals surface area contributed by atoms with Crippen molar-refractivity contribution in [1.82, 2.24) is 20.0 Å². The molecule has 0 saturated heterocycles. The first kappa shape index (κ1) is 5.90. The SMILES string of the molecule is Nc1ccn2nnnc2c1N. The number of nitrogen functional groups attached to an aromatic ring is 2. The molecule has 0 fully saturated rings. The Morgan fingerprint density at radius 2 is 2.18 bits per heavy atom. The topological polar surface area (TPSA) is 95.1 Å². The lowest BCUT2D eigenvalue weighted by atomic mass is 10.3. The zero-order chi connectivity index (χ0) is 7.84. The monoisotopic (exact) mass is 150 g/mol. The fraction of sp³-hybridized carbons (Fsp3) is 0. The van der Waals surface area contributed by atoms with Crippen molar-refractivity contribution >= 4 is 17.0 Å². The first-order valence-corrected chi connectivity index (χ1v) is 3.00. The Morgan fingerprint density at radius 1 is 1.36 bits per heavy atom. The van der Waals surface area contributed by atoms with Crippen molar-refractivity contribution in [3.05, 3.63) is 12.3 Å². The zero-order valence-electron chi connectivity index (χ0n) is 5.60. The summed E-state index contributed by atoms with van der Waals surface area (Å²) in [5.74, 6) is 0. The zero-order valence-corrected chi connectivity index (χ0v) is 5.60.